The van der Waals surface area contributed by atoms with Crippen LogP contribution < -0.4 is 0 Å². The molecule has 0 aliphatic heterocycles. The van der Waals surface area contributed by atoms with Crippen molar-refractivity contribution in [3.63, 3.8) is 0 Å². The maximum Gasteiger partial charge on any atom is 0.146 e. The van der Waals surface area contributed by atoms with E-state index < -0.39 is 5.41 Å². The molecule has 3 nitrogen and oxygen atoms in total. The number of allylic oxidation sites excluding steroid dienone is 1. The normalized spacial score (nSPS) is 21.9. The summed E-state index contributed by atoms with van der Waals surface area (Å²) in [5.41, 5.74) is -0.977. The molecule has 0 bridgehead atoms. The van der Waals surface area contributed by atoms with Crippen molar-refractivity contribution in [2.75, 3.05) is 13.1 Å². The molecular formula is C16H27NO2. The number of nitrogens with zero attached hydrogens (tertiary/aromatic N) is 1. The third kappa shape index (κ3) is 3.68. The monoisotopic (exact) mass is 265 g/mol. The summed E-state index contributed by atoms with van der Waals surface area (Å²) in [6.07, 6.45) is 5.52. The van der Waals surface area contributed by atoms with Gasteiger partial charge in [0.05, 0.1) is 5.41 Å². The lowest BCUT2D eigenvalue weighted by Crippen LogP contribution is -2.45. The highest BCUT2D eigenvalue weighted by atomic mass is 16.2. The van der Waals surface area contributed by atoms with E-state index in [1.807, 2.05) is 26.1 Å². The number of hydrogen-bond donors (Lipinski definition) is 0. The van der Waals surface area contributed by atoms with Gasteiger partial charge in [-0.05, 0) is 38.8 Å². The van der Waals surface area contributed by atoms with Gasteiger partial charge < -0.3 is 4.90 Å². The Kier molecular flexibility index (Phi) is 4.94. The van der Waals surface area contributed by atoms with Crippen LogP contribution in [-0.4, -0.2) is 29.6 Å². The van der Waals surface area contributed by atoms with Crippen molar-refractivity contribution in [2.24, 2.45) is 10.8 Å². The molecule has 108 valence electrons. The molecule has 0 radical (unpaired) electrons. The van der Waals surface area contributed by atoms with Gasteiger partial charge in [-0.2, -0.15) is 0 Å². The highest BCUT2D eigenvalue weighted by Gasteiger charge is 2.47. The summed E-state index contributed by atoms with van der Waals surface area (Å²) >= 11 is 0. The molecule has 0 saturated heterocycles. The van der Waals surface area contributed by atoms with Gasteiger partial charge in [0.1, 0.15) is 11.6 Å². The largest absolute Gasteiger partial charge is 0.378 e. The number of ketones is 2. The van der Waals surface area contributed by atoms with Gasteiger partial charge >= 0.3 is 0 Å². The Labute approximate surface area is 117 Å². The zero-order chi connectivity index (χ0) is 14.7. The van der Waals surface area contributed by atoms with Gasteiger partial charge in [-0.1, -0.05) is 19.9 Å². The van der Waals surface area contributed by atoms with Gasteiger partial charge in [0.25, 0.3) is 0 Å². The molecule has 0 unspecified atom stereocenters. The quantitative estimate of drug-likeness (QED) is 0.716. The van der Waals surface area contributed by atoms with Crippen molar-refractivity contribution in [1.82, 2.24) is 4.90 Å². The van der Waals surface area contributed by atoms with Gasteiger partial charge in [-0.15, -0.1) is 0 Å². The van der Waals surface area contributed by atoms with Crippen molar-refractivity contribution >= 4 is 11.6 Å². The first kappa shape index (κ1) is 15.9. The molecule has 0 aromatic rings. The standard InChI is InChI=1S/C16H27NO2/c1-6-17(7-2)10-8-9-16(5)13(18)11-15(3,4)12-14(16)19/h8,10H,6-7,9,11-12H2,1-5H3/b10-8+. The SMILES string of the molecule is CCN(/C=C/CC1(C)C(=O)CC(C)(C)CC1=O)CC. The van der Waals surface area contributed by atoms with E-state index in [9.17, 15) is 9.59 Å². The maximum absolute atomic E-state index is 12.3. The lowest BCUT2D eigenvalue weighted by molar-refractivity contribution is -0.146. The second-order valence-corrected chi connectivity index (χ2v) is 6.51. The molecular weight excluding hydrogens is 238 g/mol. The lowest BCUT2D eigenvalue weighted by Gasteiger charge is -2.38. The molecule has 1 aliphatic carbocycles. The number of carbonyl (C=O) groups excluding carboxylic acids is 2. The predicted molar refractivity (Wildman–Crippen MR) is 77.8 cm³/mol. The van der Waals surface area contributed by atoms with E-state index in [1.165, 1.54) is 0 Å². The molecule has 0 aromatic heterocycles. The number of rotatable bonds is 5. The van der Waals surface area contributed by atoms with E-state index in [1.54, 1.807) is 6.92 Å². The molecule has 1 saturated carbocycles. The summed E-state index contributed by atoms with van der Waals surface area (Å²) in [5.74, 6) is 0.191. The minimum absolute atomic E-state index is 0.0953. The summed E-state index contributed by atoms with van der Waals surface area (Å²) in [5, 5.41) is 0. The minimum atomic E-state index is -0.806. The second-order valence-electron chi connectivity index (χ2n) is 6.51. The molecule has 3 heteroatoms. The molecule has 1 rings (SSSR count). The van der Waals surface area contributed by atoms with Crippen LogP contribution in [0.4, 0.5) is 0 Å². The fraction of sp³-hybridized carbons (Fsp3) is 0.750. The first-order chi connectivity index (χ1) is 8.75. The predicted octanol–water partition coefficient (Wildman–Crippen LogP) is 3.20. The van der Waals surface area contributed by atoms with E-state index in [0.29, 0.717) is 19.3 Å². The van der Waals surface area contributed by atoms with Gasteiger partial charge in [0, 0.05) is 25.9 Å². The molecule has 0 atom stereocenters. The van der Waals surface area contributed by atoms with Crippen LogP contribution in [0.5, 0.6) is 0 Å². The summed E-state index contributed by atoms with van der Waals surface area (Å²) in [6, 6.07) is 0. The first-order valence-electron chi connectivity index (χ1n) is 7.22. The fourth-order valence-electron chi connectivity index (χ4n) is 2.58. The highest BCUT2D eigenvalue weighted by Crippen LogP contribution is 2.41. The van der Waals surface area contributed by atoms with Crippen LogP contribution in [-0.2, 0) is 9.59 Å². The van der Waals surface area contributed by atoms with E-state index in [2.05, 4.69) is 18.7 Å². The molecule has 19 heavy (non-hydrogen) atoms. The molecule has 0 N–H and O–H groups in total. The van der Waals surface area contributed by atoms with Crippen LogP contribution in [0, 0.1) is 10.8 Å². The Morgan fingerprint density at radius 2 is 1.53 bits per heavy atom. The Bertz CT molecular complexity index is 358. The molecule has 0 spiro atoms. The Hall–Kier alpha value is -1.12. The third-order valence-electron chi connectivity index (χ3n) is 4.16. The zero-order valence-corrected chi connectivity index (χ0v) is 13.0. The molecule has 1 aliphatic rings. The van der Waals surface area contributed by atoms with Gasteiger partial charge in [0.15, 0.2) is 0 Å². The first-order valence-corrected chi connectivity index (χ1v) is 7.22. The maximum atomic E-state index is 12.3. The Balaban J connectivity index is 2.76. The summed E-state index contributed by atoms with van der Waals surface area (Å²) in [6.45, 7) is 11.9. The van der Waals surface area contributed by atoms with E-state index >= 15 is 0 Å². The van der Waals surface area contributed by atoms with E-state index in [4.69, 9.17) is 0 Å². The second kappa shape index (κ2) is 5.89. The van der Waals surface area contributed by atoms with Gasteiger partial charge in [0.2, 0.25) is 0 Å². The van der Waals surface area contributed by atoms with E-state index in [-0.39, 0.29) is 17.0 Å². The topological polar surface area (TPSA) is 37.4 Å². The van der Waals surface area contributed by atoms with Crippen LogP contribution in [0.1, 0.15) is 53.9 Å². The molecule has 0 heterocycles. The summed E-state index contributed by atoms with van der Waals surface area (Å²) < 4.78 is 0. The smallest absolute Gasteiger partial charge is 0.146 e. The van der Waals surface area contributed by atoms with Crippen LogP contribution in [0.2, 0.25) is 0 Å². The Morgan fingerprint density at radius 3 is 1.95 bits per heavy atom. The summed E-state index contributed by atoms with van der Waals surface area (Å²) in [7, 11) is 0. The zero-order valence-electron chi connectivity index (χ0n) is 13.0. The van der Waals surface area contributed by atoms with Crippen molar-refractivity contribution in [2.45, 2.75) is 53.9 Å². The average Bonchev–Trinajstić information content (AvgIpc) is 2.31. The minimum Gasteiger partial charge on any atom is -0.378 e. The Morgan fingerprint density at radius 1 is 1.05 bits per heavy atom. The highest BCUT2D eigenvalue weighted by molar-refractivity contribution is 6.09. The van der Waals surface area contributed by atoms with Crippen LogP contribution in [0.15, 0.2) is 12.3 Å². The fourth-order valence-corrected chi connectivity index (χ4v) is 2.58. The van der Waals surface area contributed by atoms with Crippen LogP contribution in [0.3, 0.4) is 0 Å². The third-order valence-corrected chi connectivity index (χ3v) is 4.16. The van der Waals surface area contributed by atoms with Gasteiger partial charge in [-0.3, -0.25) is 9.59 Å². The molecule has 0 amide bonds. The van der Waals surface area contributed by atoms with Gasteiger partial charge in [-0.25, -0.2) is 0 Å². The van der Waals surface area contributed by atoms with Crippen LogP contribution in [0.25, 0.3) is 0 Å². The van der Waals surface area contributed by atoms with Crippen molar-refractivity contribution in [3.05, 3.63) is 12.3 Å². The van der Waals surface area contributed by atoms with Crippen molar-refractivity contribution in [3.8, 4) is 0 Å². The molecule has 0 aromatic carbocycles. The summed E-state index contributed by atoms with van der Waals surface area (Å²) in [4.78, 5) is 26.7. The average molecular weight is 265 g/mol. The lowest BCUT2D eigenvalue weighted by atomic mass is 9.63. The van der Waals surface area contributed by atoms with Crippen molar-refractivity contribution < 1.29 is 9.59 Å². The van der Waals surface area contributed by atoms with E-state index in [0.717, 1.165) is 13.1 Å². The number of hydrogen-bond acceptors (Lipinski definition) is 3. The number of Topliss-reactive ketones (excluding diaryl/α,β-unsaturated/α-hetero) is 2. The van der Waals surface area contributed by atoms with Crippen molar-refractivity contribution in [1.29, 1.82) is 0 Å². The molecule has 1 fully saturated rings. The van der Waals surface area contributed by atoms with Crippen LogP contribution >= 0.6 is 0 Å². The number of carbonyl (C=O) groups is 2.